The minimum absolute atomic E-state index is 0.0552. The van der Waals surface area contributed by atoms with Crippen molar-refractivity contribution in [1.29, 1.82) is 0 Å². The number of hydrogen-bond acceptors (Lipinski definition) is 0. The molecule has 0 bridgehead atoms. The average molecular weight is 416 g/mol. The van der Waals surface area contributed by atoms with E-state index in [2.05, 4.69) is 123 Å². The summed E-state index contributed by atoms with van der Waals surface area (Å²) in [5, 5.41) is 1.34. The molecule has 32 heavy (non-hydrogen) atoms. The van der Waals surface area contributed by atoms with Crippen molar-refractivity contribution in [2.75, 3.05) is 0 Å². The maximum atomic E-state index is 2.50. The third kappa shape index (κ3) is 2.51. The van der Waals surface area contributed by atoms with Gasteiger partial charge < -0.3 is 4.57 Å². The highest BCUT2D eigenvalue weighted by molar-refractivity contribution is 6.03. The number of rotatable bonds is 2. The Hall–Kier alpha value is -3.32. The van der Waals surface area contributed by atoms with E-state index in [4.69, 9.17) is 0 Å². The molecule has 0 aliphatic heterocycles. The van der Waals surface area contributed by atoms with Gasteiger partial charge in [0.25, 0.3) is 0 Å². The zero-order chi connectivity index (χ0) is 22.1. The van der Waals surface area contributed by atoms with Gasteiger partial charge in [0, 0.05) is 27.5 Å². The fourth-order valence-corrected chi connectivity index (χ4v) is 5.69. The van der Waals surface area contributed by atoms with Gasteiger partial charge in [0.2, 0.25) is 0 Å². The van der Waals surface area contributed by atoms with Crippen LogP contribution in [-0.2, 0) is 5.41 Å². The van der Waals surface area contributed by atoms with Gasteiger partial charge in [-0.25, -0.2) is 0 Å². The van der Waals surface area contributed by atoms with Crippen molar-refractivity contribution < 1.29 is 0 Å². The van der Waals surface area contributed by atoms with Crippen molar-refractivity contribution in [1.82, 2.24) is 4.57 Å². The van der Waals surface area contributed by atoms with Crippen molar-refractivity contribution in [2.24, 2.45) is 5.41 Å². The minimum Gasteiger partial charge on any atom is -0.309 e. The van der Waals surface area contributed by atoms with Crippen molar-refractivity contribution in [3.63, 3.8) is 0 Å². The summed E-state index contributed by atoms with van der Waals surface area (Å²) in [5.41, 5.74) is 10.8. The number of nitrogens with zero attached hydrogens (tertiary/aromatic N) is 1. The minimum atomic E-state index is -0.0552. The standard InChI is InChI=1S/C31H29N/c1-5-31(4)19-17-23-25-16-15-24-22-13-9-10-14-26(22)30(2,3)28(24)29(25)32(27(23)18-20-31)21-11-7-6-8-12-21/h6-20H,5H2,1-4H3. The molecule has 1 unspecified atom stereocenters. The summed E-state index contributed by atoms with van der Waals surface area (Å²) in [5.74, 6) is 0. The molecule has 0 amide bonds. The lowest BCUT2D eigenvalue weighted by Gasteiger charge is -2.24. The van der Waals surface area contributed by atoms with Crippen LogP contribution in [0, 0.1) is 5.41 Å². The predicted molar refractivity (Wildman–Crippen MR) is 137 cm³/mol. The third-order valence-electron chi connectivity index (χ3n) is 7.75. The van der Waals surface area contributed by atoms with Gasteiger partial charge in [-0.05, 0) is 46.9 Å². The lowest BCUT2D eigenvalue weighted by Crippen LogP contribution is -2.16. The first-order valence-corrected chi connectivity index (χ1v) is 11.7. The Kier molecular flexibility index (Phi) is 3.99. The van der Waals surface area contributed by atoms with E-state index in [1.807, 2.05) is 0 Å². The van der Waals surface area contributed by atoms with Crippen LogP contribution in [0.15, 0.2) is 78.9 Å². The van der Waals surface area contributed by atoms with E-state index in [0.29, 0.717) is 0 Å². The molecule has 2 aliphatic carbocycles. The average Bonchev–Trinajstić information content (AvgIpc) is 3.18. The van der Waals surface area contributed by atoms with Crippen LogP contribution in [0.1, 0.15) is 56.5 Å². The summed E-state index contributed by atoms with van der Waals surface area (Å²) in [6.45, 7) is 9.34. The fourth-order valence-electron chi connectivity index (χ4n) is 5.69. The zero-order valence-corrected chi connectivity index (χ0v) is 19.3. The highest BCUT2D eigenvalue weighted by atomic mass is 15.0. The van der Waals surface area contributed by atoms with Gasteiger partial charge in [0.05, 0.1) is 11.2 Å². The highest BCUT2D eigenvalue weighted by Crippen LogP contribution is 2.53. The summed E-state index contributed by atoms with van der Waals surface area (Å²) < 4.78 is 2.50. The highest BCUT2D eigenvalue weighted by Gasteiger charge is 2.38. The molecule has 2 aliphatic rings. The van der Waals surface area contributed by atoms with E-state index >= 15 is 0 Å². The zero-order valence-electron chi connectivity index (χ0n) is 19.3. The Morgan fingerprint density at radius 2 is 1.47 bits per heavy atom. The SMILES string of the molecule is CCC1(C)C=Cc2c(n(-c3ccccc3)c3c4c(ccc23)-c2ccccc2C4(C)C)C=C1. The van der Waals surface area contributed by atoms with E-state index in [-0.39, 0.29) is 10.8 Å². The lowest BCUT2D eigenvalue weighted by atomic mass is 9.81. The number of allylic oxidation sites excluding steroid dienone is 2. The number of aromatic nitrogens is 1. The Labute approximate surface area is 190 Å². The van der Waals surface area contributed by atoms with E-state index < -0.39 is 0 Å². The van der Waals surface area contributed by atoms with Gasteiger partial charge in [-0.2, -0.15) is 0 Å². The molecule has 4 aromatic rings. The topological polar surface area (TPSA) is 4.93 Å². The lowest BCUT2D eigenvalue weighted by molar-refractivity contribution is 0.536. The van der Waals surface area contributed by atoms with Gasteiger partial charge in [-0.1, -0.05) is 101 Å². The number of para-hydroxylation sites is 1. The fraction of sp³-hybridized carbons (Fsp3) is 0.226. The molecule has 1 heterocycles. The summed E-state index contributed by atoms with van der Waals surface area (Å²) >= 11 is 0. The summed E-state index contributed by atoms with van der Waals surface area (Å²) in [4.78, 5) is 0. The van der Waals surface area contributed by atoms with Crippen LogP contribution >= 0.6 is 0 Å². The van der Waals surface area contributed by atoms with Gasteiger partial charge in [0.1, 0.15) is 0 Å². The Bertz CT molecular complexity index is 1430. The van der Waals surface area contributed by atoms with Crippen LogP contribution in [0.25, 0.3) is 39.9 Å². The van der Waals surface area contributed by atoms with Crippen molar-refractivity contribution in [3.05, 3.63) is 101 Å². The predicted octanol–water partition coefficient (Wildman–Crippen LogP) is 8.39. The number of hydrogen-bond donors (Lipinski definition) is 0. The molecule has 0 saturated carbocycles. The molecule has 1 aromatic heterocycles. The van der Waals surface area contributed by atoms with Crippen LogP contribution in [0.3, 0.4) is 0 Å². The molecule has 158 valence electrons. The molecular weight excluding hydrogens is 386 g/mol. The second kappa shape index (κ2) is 6.59. The van der Waals surface area contributed by atoms with Crippen LogP contribution < -0.4 is 0 Å². The van der Waals surface area contributed by atoms with E-state index in [9.17, 15) is 0 Å². The first-order chi connectivity index (χ1) is 15.4. The summed E-state index contributed by atoms with van der Waals surface area (Å²) in [6.07, 6.45) is 10.6. The monoisotopic (exact) mass is 415 g/mol. The maximum absolute atomic E-state index is 2.50. The molecule has 6 rings (SSSR count). The molecule has 1 heteroatoms. The number of benzene rings is 3. The van der Waals surface area contributed by atoms with E-state index in [0.717, 1.165) is 6.42 Å². The van der Waals surface area contributed by atoms with E-state index in [1.54, 1.807) is 0 Å². The van der Waals surface area contributed by atoms with Gasteiger partial charge in [-0.3, -0.25) is 0 Å². The van der Waals surface area contributed by atoms with E-state index in [1.165, 1.54) is 50.1 Å². The Morgan fingerprint density at radius 3 is 2.25 bits per heavy atom. The Balaban J connectivity index is 1.77. The van der Waals surface area contributed by atoms with Gasteiger partial charge in [0.15, 0.2) is 0 Å². The van der Waals surface area contributed by atoms with Crippen LogP contribution in [0.2, 0.25) is 0 Å². The van der Waals surface area contributed by atoms with Crippen LogP contribution in [0.4, 0.5) is 0 Å². The summed E-state index contributed by atoms with van der Waals surface area (Å²) in [6, 6.07) is 24.5. The number of fused-ring (bicyclic) bond motifs is 7. The van der Waals surface area contributed by atoms with Crippen LogP contribution in [0.5, 0.6) is 0 Å². The second-order valence-electron chi connectivity index (χ2n) is 10.1. The van der Waals surface area contributed by atoms with Gasteiger partial charge >= 0.3 is 0 Å². The molecule has 0 fully saturated rings. The molecule has 0 saturated heterocycles. The molecular formula is C31H29N. The van der Waals surface area contributed by atoms with Crippen LogP contribution in [-0.4, -0.2) is 4.57 Å². The first kappa shape index (κ1) is 19.4. The normalized spacial score (nSPS) is 20.1. The Morgan fingerprint density at radius 1 is 0.750 bits per heavy atom. The maximum Gasteiger partial charge on any atom is 0.0588 e. The molecule has 1 atom stereocenters. The molecule has 1 nitrogen and oxygen atoms in total. The molecule has 0 spiro atoms. The second-order valence-corrected chi connectivity index (χ2v) is 10.1. The molecule has 0 radical (unpaired) electrons. The summed E-state index contributed by atoms with van der Waals surface area (Å²) in [7, 11) is 0. The van der Waals surface area contributed by atoms with Crippen molar-refractivity contribution in [3.8, 4) is 16.8 Å². The van der Waals surface area contributed by atoms with Crippen molar-refractivity contribution in [2.45, 2.75) is 39.5 Å². The first-order valence-electron chi connectivity index (χ1n) is 11.7. The van der Waals surface area contributed by atoms with Crippen molar-refractivity contribution >= 4 is 23.1 Å². The largest absolute Gasteiger partial charge is 0.309 e. The third-order valence-corrected chi connectivity index (χ3v) is 7.75. The molecule has 3 aromatic carbocycles. The quantitative estimate of drug-likeness (QED) is 0.310. The van der Waals surface area contributed by atoms with Gasteiger partial charge in [-0.15, -0.1) is 0 Å². The smallest absolute Gasteiger partial charge is 0.0588 e. The molecule has 0 N–H and O–H groups in total.